The number of rotatable bonds is 1. The fourth-order valence-corrected chi connectivity index (χ4v) is 1.35. The van der Waals surface area contributed by atoms with E-state index in [4.69, 9.17) is 5.11 Å². The van der Waals surface area contributed by atoms with Gasteiger partial charge in [-0.1, -0.05) is 19.3 Å². The van der Waals surface area contributed by atoms with Crippen LogP contribution >= 0.6 is 0 Å². The van der Waals surface area contributed by atoms with Crippen LogP contribution in [0, 0.1) is 5.92 Å². The second kappa shape index (κ2) is 6.12. The lowest BCUT2D eigenvalue weighted by atomic mass is 9.90. The van der Waals surface area contributed by atoms with Crippen molar-refractivity contribution in [2.75, 3.05) is 0 Å². The lowest BCUT2D eigenvalue weighted by molar-refractivity contribution is -0.142. The molecule has 4 heteroatoms. The zero-order valence-corrected chi connectivity index (χ0v) is 6.28. The lowest BCUT2D eigenvalue weighted by Gasteiger charge is -2.16. The zero-order chi connectivity index (χ0) is 6.69. The highest BCUT2D eigenvalue weighted by Gasteiger charge is 2.19. The van der Waals surface area contributed by atoms with Gasteiger partial charge >= 0.3 is 5.97 Å². The largest absolute Gasteiger partial charge is 0.481 e. The summed E-state index contributed by atoms with van der Waals surface area (Å²) in [6.45, 7) is 0. The summed E-state index contributed by atoms with van der Waals surface area (Å²) in [7, 11) is 0. The van der Waals surface area contributed by atoms with Crippen molar-refractivity contribution in [1.29, 1.82) is 0 Å². The van der Waals surface area contributed by atoms with E-state index >= 15 is 0 Å². The smallest absolute Gasteiger partial charge is 0.306 e. The standard InChI is InChI=1S/C7H12O2.2O/c8-7(9)6-4-2-1-3-5-6;;/h6H,1-5H2,(H,8,9);;. The van der Waals surface area contributed by atoms with Gasteiger partial charge in [0, 0.05) is 11.0 Å². The average Bonchev–Trinajstić information content (AvgIpc) is 1.90. The molecule has 11 heavy (non-hydrogen) atoms. The molecule has 0 unspecified atom stereocenters. The van der Waals surface area contributed by atoms with Crippen LogP contribution in [0.2, 0.25) is 0 Å². The Morgan fingerprint density at radius 3 is 1.82 bits per heavy atom. The van der Waals surface area contributed by atoms with E-state index in [0.29, 0.717) is 0 Å². The number of hydrogen-bond donors (Lipinski definition) is 1. The average molecular weight is 160 g/mol. The SMILES string of the molecule is O=C(O)C1CCCCC1.[O].[O]. The molecule has 1 aliphatic rings. The van der Waals surface area contributed by atoms with E-state index in [-0.39, 0.29) is 16.9 Å². The molecule has 0 aromatic heterocycles. The lowest BCUT2D eigenvalue weighted by Crippen LogP contribution is -2.16. The fourth-order valence-electron chi connectivity index (χ4n) is 1.35. The van der Waals surface area contributed by atoms with Crippen LogP contribution in [0.4, 0.5) is 0 Å². The van der Waals surface area contributed by atoms with Gasteiger partial charge in [-0.2, -0.15) is 0 Å². The van der Waals surface area contributed by atoms with Gasteiger partial charge in [0.1, 0.15) is 0 Å². The molecule has 4 nitrogen and oxygen atoms in total. The van der Waals surface area contributed by atoms with Gasteiger partial charge in [0.25, 0.3) is 0 Å². The third-order valence-electron chi connectivity index (χ3n) is 1.95. The molecule has 0 bridgehead atoms. The molecule has 4 radical (unpaired) electrons. The summed E-state index contributed by atoms with van der Waals surface area (Å²) in [6, 6.07) is 0. The molecule has 64 valence electrons. The Hall–Kier alpha value is -0.610. The van der Waals surface area contributed by atoms with Gasteiger partial charge in [0.05, 0.1) is 5.92 Å². The first kappa shape index (κ1) is 13.0. The van der Waals surface area contributed by atoms with Gasteiger partial charge in [0.15, 0.2) is 0 Å². The number of carboxylic acid groups (broad SMARTS) is 1. The summed E-state index contributed by atoms with van der Waals surface area (Å²) < 4.78 is 0. The number of hydrogen-bond acceptors (Lipinski definition) is 1. The molecule has 1 aliphatic carbocycles. The van der Waals surface area contributed by atoms with E-state index < -0.39 is 5.97 Å². The highest BCUT2D eigenvalue weighted by atomic mass is 16.4. The van der Waals surface area contributed by atoms with Gasteiger partial charge < -0.3 is 5.11 Å². The van der Waals surface area contributed by atoms with Crippen LogP contribution in [0.3, 0.4) is 0 Å². The molecule has 1 rings (SSSR count). The molecule has 1 saturated carbocycles. The Morgan fingerprint density at radius 2 is 1.55 bits per heavy atom. The second-order valence-corrected chi connectivity index (χ2v) is 2.67. The van der Waals surface area contributed by atoms with Gasteiger partial charge in [-0.15, -0.1) is 0 Å². The van der Waals surface area contributed by atoms with E-state index in [1.807, 2.05) is 0 Å². The maximum atomic E-state index is 10.4. The summed E-state index contributed by atoms with van der Waals surface area (Å²) in [5.41, 5.74) is 0. The van der Waals surface area contributed by atoms with Crippen molar-refractivity contribution >= 4 is 5.97 Å². The molecule has 0 aliphatic heterocycles. The molecular weight excluding hydrogens is 148 g/mol. The van der Waals surface area contributed by atoms with Crippen LogP contribution in [-0.2, 0) is 15.7 Å². The minimum atomic E-state index is -0.602. The molecular formula is C7H12O4. The maximum Gasteiger partial charge on any atom is 0.306 e. The van der Waals surface area contributed by atoms with Gasteiger partial charge in [0.2, 0.25) is 0 Å². The highest BCUT2D eigenvalue weighted by Crippen LogP contribution is 2.23. The van der Waals surface area contributed by atoms with E-state index in [2.05, 4.69) is 0 Å². The number of aliphatic carboxylic acids is 1. The Bertz CT molecular complexity index is 107. The van der Waals surface area contributed by atoms with Crippen molar-refractivity contribution in [2.45, 2.75) is 32.1 Å². The molecule has 0 spiro atoms. The molecule has 0 amide bonds. The van der Waals surface area contributed by atoms with Crippen molar-refractivity contribution in [3.8, 4) is 0 Å². The van der Waals surface area contributed by atoms with Crippen LogP contribution in [0.5, 0.6) is 0 Å². The fraction of sp³-hybridized carbons (Fsp3) is 0.857. The maximum absolute atomic E-state index is 10.4. The monoisotopic (exact) mass is 160 g/mol. The molecule has 0 aromatic carbocycles. The molecule has 0 saturated heterocycles. The third-order valence-corrected chi connectivity index (χ3v) is 1.95. The number of carbonyl (C=O) groups is 1. The second-order valence-electron chi connectivity index (χ2n) is 2.67. The first-order valence-corrected chi connectivity index (χ1v) is 3.53. The van der Waals surface area contributed by atoms with E-state index in [1.54, 1.807) is 0 Å². The molecule has 0 aromatic rings. The highest BCUT2D eigenvalue weighted by molar-refractivity contribution is 5.69. The third kappa shape index (κ3) is 3.95. The summed E-state index contributed by atoms with van der Waals surface area (Å²) in [4.78, 5) is 10.4. The molecule has 1 N–H and O–H groups in total. The number of carboxylic acids is 1. The van der Waals surface area contributed by atoms with Gasteiger partial charge in [-0.25, -0.2) is 0 Å². The van der Waals surface area contributed by atoms with Crippen LogP contribution in [0.25, 0.3) is 0 Å². The summed E-state index contributed by atoms with van der Waals surface area (Å²) in [6.07, 6.45) is 5.24. The Balaban J connectivity index is 0. The Kier molecular flexibility index (Phi) is 7.24. The van der Waals surface area contributed by atoms with Crippen LogP contribution in [0.1, 0.15) is 32.1 Å². The Morgan fingerprint density at radius 1 is 1.09 bits per heavy atom. The van der Waals surface area contributed by atoms with E-state index in [1.165, 1.54) is 6.42 Å². The van der Waals surface area contributed by atoms with Crippen LogP contribution in [-0.4, -0.2) is 11.1 Å². The summed E-state index contributed by atoms with van der Waals surface area (Å²) >= 11 is 0. The zero-order valence-electron chi connectivity index (χ0n) is 6.28. The predicted molar refractivity (Wildman–Crippen MR) is 35.6 cm³/mol. The summed E-state index contributed by atoms with van der Waals surface area (Å²) in [5, 5.41) is 8.54. The van der Waals surface area contributed by atoms with Gasteiger partial charge in [-0.05, 0) is 12.8 Å². The molecule has 0 atom stereocenters. The Labute approximate surface area is 65.8 Å². The first-order valence-electron chi connectivity index (χ1n) is 3.53. The van der Waals surface area contributed by atoms with Crippen molar-refractivity contribution in [3.63, 3.8) is 0 Å². The molecule has 0 heterocycles. The first-order chi connectivity index (χ1) is 4.30. The summed E-state index contributed by atoms with van der Waals surface area (Å²) in [5.74, 6) is -0.631. The van der Waals surface area contributed by atoms with E-state index in [9.17, 15) is 4.79 Å². The minimum absolute atomic E-state index is 0. The van der Waals surface area contributed by atoms with E-state index in [0.717, 1.165) is 25.7 Å². The van der Waals surface area contributed by atoms with Gasteiger partial charge in [-0.3, -0.25) is 4.79 Å². The topological polar surface area (TPSA) is 94.3 Å². The quantitative estimate of drug-likeness (QED) is 0.627. The van der Waals surface area contributed by atoms with Crippen LogP contribution in [0.15, 0.2) is 0 Å². The minimum Gasteiger partial charge on any atom is -0.481 e. The van der Waals surface area contributed by atoms with Crippen molar-refractivity contribution in [2.24, 2.45) is 5.92 Å². The van der Waals surface area contributed by atoms with Crippen molar-refractivity contribution in [1.82, 2.24) is 0 Å². The van der Waals surface area contributed by atoms with Crippen molar-refractivity contribution < 1.29 is 20.9 Å². The van der Waals surface area contributed by atoms with Crippen LogP contribution < -0.4 is 0 Å². The normalized spacial score (nSPS) is 17.8. The van der Waals surface area contributed by atoms with Crippen molar-refractivity contribution in [3.05, 3.63) is 0 Å². The predicted octanol–water partition coefficient (Wildman–Crippen LogP) is 1.41. The molecule has 1 fully saturated rings.